The Morgan fingerprint density at radius 2 is 2.27 bits per heavy atom. The van der Waals surface area contributed by atoms with E-state index in [9.17, 15) is 0 Å². The maximum atomic E-state index is 4.25. The molecule has 0 unspecified atom stereocenters. The highest BCUT2D eigenvalue weighted by molar-refractivity contribution is 8.01. The Balaban J connectivity index is 2.79. The molecule has 0 radical (unpaired) electrons. The van der Waals surface area contributed by atoms with Gasteiger partial charge in [0, 0.05) is 6.20 Å². The van der Waals surface area contributed by atoms with Crippen molar-refractivity contribution in [2.24, 2.45) is 0 Å². The van der Waals surface area contributed by atoms with Gasteiger partial charge >= 0.3 is 0 Å². The summed E-state index contributed by atoms with van der Waals surface area (Å²) in [6.45, 7) is 1.93. The second kappa shape index (κ2) is 4.13. The summed E-state index contributed by atoms with van der Waals surface area (Å²) in [5, 5.41) is 1.99. The van der Waals surface area contributed by atoms with E-state index < -0.39 is 0 Å². The summed E-state index contributed by atoms with van der Waals surface area (Å²) in [6.07, 6.45) is 7.46. The lowest BCUT2D eigenvalue weighted by Gasteiger charge is -1.92. The van der Waals surface area contributed by atoms with Gasteiger partial charge in [0.25, 0.3) is 0 Å². The molecule has 0 aliphatic heterocycles. The summed E-state index contributed by atoms with van der Waals surface area (Å²) < 4.78 is 0. The van der Waals surface area contributed by atoms with Crippen molar-refractivity contribution in [3.05, 3.63) is 29.2 Å². The van der Waals surface area contributed by atoms with Crippen LogP contribution in [0.1, 0.15) is 11.4 Å². The minimum absolute atomic E-state index is 0.916. The lowest BCUT2D eigenvalue weighted by molar-refractivity contribution is 1.10. The zero-order valence-electron chi connectivity index (χ0n) is 6.61. The SMILES string of the molecule is CS/C=C\c1cncc(C)n1. The Morgan fingerprint density at radius 1 is 1.45 bits per heavy atom. The van der Waals surface area contributed by atoms with Crippen molar-refractivity contribution in [3.63, 3.8) is 0 Å². The van der Waals surface area contributed by atoms with E-state index in [1.54, 1.807) is 24.2 Å². The van der Waals surface area contributed by atoms with Crippen LogP contribution in [0.3, 0.4) is 0 Å². The van der Waals surface area contributed by atoms with Crippen LogP contribution >= 0.6 is 11.8 Å². The van der Waals surface area contributed by atoms with E-state index in [2.05, 4.69) is 9.97 Å². The van der Waals surface area contributed by atoms with Crippen molar-refractivity contribution in [2.75, 3.05) is 6.26 Å². The van der Waals surface area contributed by atoms with Gasteiger partial charge in [0.15, 0.2) is 0 Å². The van der Waals surface area contributed by atoms with Crippen molar-refractivity contribution in [1.82, 2.24) is 9.97 Å². The highest BCUT2D eigenvalue weighted by Crippen LogP contribution is 2.01. The molecule has 0 aliphatic rings. The van der Waals surface area contributed by atoms with E-state index in [-0.39, 0.29) is 0 Å². The molecular weight excluding hydrogens is 156 g/mol. The summed E-state index contributed by atoms with van der Waals surface area (Å²) >= 11 is 1.65. The molecule has 58 valence electrons. The molecule has 0 aromatic carbocycles. The summed E-state index contributed by atoms with van der Waals surface area (Å²) in [4.78, 5) is 8.26. The highest BCUT2D eigenvalue weighted by Gasteiger charge is 1.87. The number of hydrogen-bond donors (Lipinski definition) is 0. The first-order valence-electron chi connectivity index (χ1n) is 3.31. The van der Waals surface area contributed by atoms with Gasteiger partial charge in [0.1, 0.15) is 0 Å². The number of hydrogen-bond acceptors (Lipinski definition) is 3. The van der Waals surface area contributed by atoms with Crippen LogP contribution in [0.2, 0.25) is 0 Å². The standard InChI is InChI=1S/C8H10N2S/c1-7-5-9-6-8(10-7)3-4-11-2/h3-6H,1-2H3/b4-3-. The van der Waals surface area contributed by atoms with Crippen LogP contribution in [0.25, 0.3) is 6.08 Å². The van der Waals surface area contributed by atoms with Crippen LogP contribution in [0.15, 0.2) is 17.8 Å². The fourth-order valence-electron chi connectivity index (χ4n) is 0.701. The molecule has 0 atom stereocenters. The Hall–Kier alpha value is -0.830. The van der Waals surface area contributed by atoms with Gasteiger partial charge < -0.3 is 0 Å². The third-order valence-corrected chi connectivity index (χ3v) is 1.56. The van der Waals surface area contributed by atoms with E-state index >= 15 is 0 Å². The van der Waals surface area contributed by atoms with Gasteiger partial charge in [-0.25, -0.2) is 0 Å². The maximum absolute atomic E-state index is 4.25. The van der Waals surface area contributed by atoms with Crippen molar-refractivity contribution >= 4 is 17.8 Å². The van der Waals surface area contributed by atoms with Crippen LogP contribution in [-0.2, 0) is 0 Å². The summed E-state index contributed by atoms with van der Waals surface area (Å²) in [6, 6.07) is 0. The number of aromatic nitrogens is 2. The third kappa shape index (κ3) is 2.72. The molecule has 11 heavy (non-hydrogen) atoms. The van der Waals surface area contributed by atoms with Crippen molar-refractivity contribution in [1.29, 1.82) is 0 Å². The zero-order valence-corrected chi connectivity index (χ0v) is 7.43. The Morgan fingerprint density at radius 3 is 2.91 bits per heavy atom. The second-order valence-corrected chi connectivity index (χ2v) is 2.87. The molecule has 1 heterocycles. The molecule has 1 aromatic heterocycles. The van der Waals surface area contributed by atoms with E-state index in [0.717, 1.165) is 11.4 Å². The predicted octanol–water partition coefficient (Wildman–Crippen LogP) is 2.12. The Labute approximate surface area is 70.8 Å². The van der Waals surface area contributed by atoms with Gasteiger partial charge in [-0.2, -0.15) is 0 Å². The average molecular weight is 166 g/mol. The van der Waals surface area contributed by atoms with Crippen LogP contribution in [-0.4, -0.2) is 16.2 Å². The van der Waals surface area contributed by atoms with E-state index in [4.69, 9.17) is 0 Å². The molecule has 1 rings (SSSR count). The topological polar surface area (TPSA) is 25.8 Å². The minimum Gasteiger partial charge on any atom is -0.261 e. The van der Waals surface area contributed by atoms with Gasteiger partial charge in [-0.15, -0.1) is 11.8 Å². The molecule has 2 nitrogen and oxygen atoms in total. The largest absolute Gasteiger partial charge is 0.261 e. The van der Waals surface area contributed by atoms with Crippen LogP contribution in [0.5, 0.6) is 0 Å². The molecule has 0 saturated carbocycles. The van der Waals surface area contributed by atoms with Crippen LogP contribution < -0.4 is 0 Å². The molecule has 0 bridgehead atoms. The monoisotopic (exact) mass is 166 g/mol. The molecule has 0 amide bonds. The van der Waals surface area contributed by atoms with E-state index in [0.29, 0.717) is 0 Å². The molecule has 3 heteroatoms. The first kappa shape index (κ1) is 8.27. The maximum Gasteiger partial charge on any atom is 0.0821 e. The van der Waals surface area contributed by atoms with Crippen molar-refractivity contribution < 1.29 is 0 Å². The number of nitrogens with zero attached hydrogens (tertiary/aromatic N) is 2. The lowest BCUT2D eigenvalue weighted by atomic mass is 10.4. The van der Waals surface area contributed by atoms with E-state index in [1.165, 1.54) is 0 Å². The minimum atomic E-state index is 0.916. The summed E-state index contributed by atoms with van der Waals surface area (Å²) in [5.41, 5.74) is 1.87. The number of thioether (sulfide) groups is 1. The van der Waals surface area contributed by atoms with Crippen LogP contribution in [0, 0.1) is 6.92 Å². The normalized spacial score (nSPS) is 10.7. The summed E-state index contributed by atoms with van der Waals surface area (Å²) in [7, 11) is 0. The molecule has 0 saturated heterocycles. The van der Waals surface area contributed by atoms with Crippen molar-refractivity contribution in [2.45, 2.75) is 6.92 Å². The molecule has 1 aromatic rings. The van der Waals surface area contributed by atoms with Gasteiger partial charge in [-0.3, -0.25) is 9.97 Å². The Bertz CT molecular complexity index is 258. The predicted molar refractivity (Wildman–Crippen MR) is 49.3 cm³/mol. The first-order valence-corrected chi connectivity index (χ1v) is 4.59. The zero-order chi connectivity index (χ0) is 8.10. The van der Waals surface area contributed by atoms with Gasteiger partial charge in [-0.1, -0.05) is 0 Å². The number of aryl methyl sites for hydroxylation is 1. The lowest BCUT2D eigenvalue weighted by Crippen LogP contribution is -1.85. The molecule has 0 fully saturated rings. The molecule has 0 N–H and O–H groups in total. The van der Waals surface area contributed by atoms with Gasteiger partial charge in [-0.05, 0) is 24.7 Å². The number of rotatable bonds is 2. The summed E-state index contributed by atoms with van der Waals surface area (Å²) in [5.74, 6) is 0. The second-order valence-electron chi connectivity index (χ2n) is 2.12. The fraction of sp³-hybridized carbons (Fsp3) is 0.250. The molecule has 0 spiro atoms. The fourth-order valence-corrected chi connectivity index (χ4v) is 0.976. The highest BCUT2D eigenvalue weighted by atomic mass is 32.2. The van der Waals surface area contributed by atoms with Gasteiger partial charge in [0.05, 0.1) is 17.6 Å². The Kier molecular flexibility index (Phi) is 3.11. The first-order chi connectivity index (χ1) is 5.33. The van der Waals surface area contributed by atoms with Crippen molar-refractivity contribution in [3.8, 4) is 0 Å². The van der Waals surface area contributed by atoms with Crippen LogP contribution in [0.4, 0.5) is 0 Å². The quantitative estimate of drug-likeness (QED) is 0.673. The van der Waals surface area contributed by atoms with E-state index in [1.807, 2.05) is 24.7 Å². The third-order valence-electron chi connectivity index (χ3n) is 1.15. The average Bonchev–Trinajstić information content (AvgIpc) is 2.01. The smallest absolute Gasteiger partial charge is 0.0821 e. The van der Waals surface area contributed by atoms with Gasteiger partial charge in [0.2, 0.25) is 0 Å². The molecular formula is C8H10N2S. The molecule has 0 aliphatic carbocycles.